The average Bonchev–Trinajstić information content (AvgIpc) is 2.64. The summed E-state index contributed by atoms with van der Waals surface area (Å²) in [5, 5.41) is 18.9. The Morgan fingerprint density at radius 1 is 0.889 bits per heavy atom. The number of aryl methyl sites for hydroxylation is 1. The second-order valence-corrected chi connectivity index (χ2v) is 7.10. The first-order valence-electron chi connectivity index (χ1n) is 10.5. The highest BCUT2D eigenvalue weighted by Gasteiger charge is 2.14. The van der Waals surface area contributed by atoms with E-state index in [-0.39, 0.29) is 11.3 Å². The molecular weight excluding hydrogens is 336 g/mol. The van der Waals surface area contributed by atoms with Crippen LogP contribution in [0.1, 0.15) is 93.5 Å². The Hall–Kier alpha value is -2.03. The van der Waals surface area contributed by atoms with E-state index in [0.717, 1.165) is 37.7 Å². The van der Waals surface area contributed by atoms with Crippen LogP contribution in [0.2, 0.25) is 0 Å². The fraction of sp³-hybridized carbons (Fsp3) is 0.542. The first-order valence-corrected chi connectivity index (χ1v) is 10.5. The second-order valence-electron chi connectivity index (χ2n) is 7.10. The molecule has 0 atom stereocenters. The minimum absolute atomic E-state index is 0.0545. The quantitative estimate of drug-likeness (QED) is 0.256. The van der Waals surface area contributed by atoms with Gasteiger partial charge in [0, 0.05) is 0 Å². The lowest BCUT2D eigenvalue weighted by Crippen LogP contribution is -2.03. The molecule has 0 unspecified atom stereocenters. The molecular formula is C24H36O3. The minimum Gasteiger partial charge on any atom is -0.507 e. The normalized spacial score (nSPS) is 11.6. The van der Waals surface area contributed by atoms with Crippen LogP contribution in [0.15, 0.2) is 42.5 Å². The van der Waals surface area contributed by atoms with Gasteiger partial charge in [-0.1, -0.05) is 75.5 Å². The van der Waals surface area contributed by atoms with Crippen molar-refractivity contribution in [3.63, 3.8) is 0 Å². The smallest absolute Gasteiger partial charge is 0.339 e. The number of allylic oxidation sites excluding steroid dienone is 4. The topological polar surface area (TPSA) is 57.5 Å². The highest BCUT2D eigenvalue weighted by atomic mass is 16.4. The molecule has 2 N–H and O–H groups in total. The molecule has 27 heavy (non-hydrogen) atoms. The molecule has 0 aromatic heterocycles. The van der Waals surface area contributed by atoms with E-state index < -0.39 is 5.97 Å². The number of carbonyl (C=O) groups is 1. The van der Waals surface area contributed by atoms with E-state index in [1.54, 1.807) is 12.1 Å². The van der Waals surface area contributed by atoms with E-state index in [1.807, 2.05) is 0 Å². The molecule has 1 aromatic carbocycles. The Balaban J connectivity index is 2.06. The molecule has 3 heteroatoms. The van der Waals surface area contributed by atoms with Gasteiger partial charge in [-0.3, -0.25) is 0 Å². The number of benzene rings is 1. The summed E-state index contributed by atoms with van der Waals surface area (Å²) in [7, 11) is 0. The molecule has 0 spiro atoms. The van der Waals surface area contributed by atoms with Gasteiger partial charge in [-0.2, -0.15) is 0 Å². The summed E-state index contributed by atoms with van der Waals surface area (Å²) in [5.74, 6) is -1.19. The summed E-state index contributed by atoms with van der Waals surface area (Å²) < 4.78 is 0. The van der Waals surface area contributed by atoms with Crippen LogP contribution < -0.4 is 0 Å². The molecule has 0 radical (unpaired) electrons. The second kappa shape index (κ2) is 15.1. The first kappa shape index (κ1) is 23.0. The number of aromatic carboxylic acids is 1. The summed E-state index contributed by atoms with van der Waals surface area (Å²) in [6.45, 7) is 2.24. The molecule has 3 nitrogen and oxygen atoms in total. The van der Waals surface area contributed by atoms with Crippen molar-refractivity contribution in [1.82, 2.24) is 0 Å². The molecule has 0 bridgehead atoms. The van der Waals surface area contributed by atoms with Crippen LogP contribution in [0, 0.1) is 0 Å². The third-order valence-corrected chi connectivity index (χ3v) is 4.74. The standard InChI is InChI=1S/C24H36O3/c1-2-3-4-5-6-7-8-9-10-11-12-13-14-15-16-18-21-19-17-20-22(25)23(21)24(26)27/h7-8,10-11,17,19-20,25H,2-6,9,12-16,18H2,1H3,(H,26,27). The van der Waals surface area contributed by atoms with Crippen LogP contribution in [0.5, 0.6) is 5.75 Å². The Bertz CT molecular complexity index is 587. The number of unbranched alkanes of at least 4 members (excludes halogenated alkanes) is 8. The molecule has 0 saturated carbocycles. The van der Waals surface area contributed by atoms with Gasteiger partial charge in [0.15, 0.2) is 0 Å². The van der Waals surface area contributed by atoms with Gasteiger partial charge in [-0.25, -0.2) is 4.79 Å². The van der Waals surface area contributed by atoms with Gasteiger partial charge in [0.2, 0.25) is 0 Å². The van der Waals surface area contributed by atoms with Gasteiger partial charge in [0.05, 0.1) is 0 Å². The third kappa shape index (κ3) is 10.6. The van der Waals surface area contributed by atoms with Gasteiger partial charge in [-0.15, -0.1) is 0 Å². The highest BCUT2D eigenvalue weighted by Crippen LogP contribution is 2.22. The van der Waals surface area contributed by atoms with Crippen LogP contribution in [-0.4, -0.2) is 16.2 Å². The highest BCUT2D eigenvalue weighted by molar-refractivity contribution is 5.92. The summed E-state index contributed by atoms with van der Waals surface area (Å²) in [4.78, 5) is 11.2. The molecule has 0 fully saturated rings. The Labute approximate surface area is 164 Å². The molecule has 0 aliphatic rings. The van der Waals surface area contributed by atoms with Crippen molar-refractivity contribution in [2.24, 2.45) is 0 Å². The predicted octanol–water partition coefficient (Wildman–Crippen LogP) is 7.06. The molecule has 0 aliphatic carbocycles. The SMILES string of the molecule is CCCCCCC=CCC=CCCCCCCc1cccc(O)c1C(=O)O. The molecule has 150 valence electrons. The zero-order valence-corrected chi connectivity index (χ0v) is 16.8. The Morgan fingerprint density at radius 2 is 1.52 bits per heavy atom. The van der Waals surface area contributed by atoms with Crippen LogP contribution in [0.25, 0.3) is 0 Å². The zero-order chi connectivity index (χ0) is 19.7. The van der Waals surface area contributed by atoms with Crippen LogP contribution in [0.3, 0.4) is 0 Å². The van der Waals surface area contributed by atoms with Crippen molar-refractivity contribution in [3.8, 4) is 5.75 Å². The lowest BCUT2D eigenvalue weighted by molar-refractivity contribution is 0.0692. The van der Waals surface area contributed by atoms with E-state index in [2.05, 4.69) is 31.2 Å². The first-order chi connectivity index (χ1) is 13.2. The molecule has 0 amide bonds. The fourth-order valence-corrected chi connectivity index (χ4v) is 3.17. The average molecular weight is 373 g/mol. The van der Waals surface area contributed by atoms with Crippen molar-refractivity contribution in [2.75, 3.05) is 0 Å². The monoisotopic (exact) mass is 372 g/mol. The van der Waals surface area contributed by atoms with E-state index in [9.17, 15) is 15.0 Å². The van der Waals surface area contributed by atoms with Crippen LogP contribution in [0.4, 0.5) is 0 Å². The summed E-state index contributed by atoms with van der Waals surface area (Å²) in [6, 6.07) is 4.94. The minimum atomic E-state index is -1.05. The number of hydrogen-bond donors (Lipinski definition) is 2. The Morgan fingerprint density at radius 3 is 2.15 bits per heavy atom. The predicted molar refractivity (Wildman–Crippen MR) is 114 cm³/mol. The number of carboxylic acids is 1. The van der Waals surface area contributed by atoms with Gasteiger partial charge in [0.25, 0.3) is 0 Å². The van der Waals surface area contributed by atoms with Crippen LogP contribution >= 0.6 is 0 Å². The van der Waals surface area contributed by atoms with Crippen molar-refractivity contribution in [3.05, 3.63) is 53.6 Å². The van der Waals surface area contributed by atoms with E-state index >= 15 is 0 Å². The number of hydrogen-bond acceptors (Lipinski definition) is 2. The van der Waals surface area contributed by atoms with Gasteiger partial charge in [-0.05, 0) is 56.6 Å². The van der Waals surface area contributed by atoms with Crippen molar-refractivity contribution in [2.45, 2.75) is 84.0 Å². The number of rotatable bonds is 15. The maximum Gasteiger partial charge on any atom is 0.339 e. The van der Waals surface area contributed by atoms with Gasteiger partial charge in [0.1, 0.15) is 11.3 Å². The number of carboxylic acid groups (broad SMARTS) is 1. The summed E-state index contributed by atoms with van der Waals surface area (Å²) in [6.07, 6.45) is 22.8. The Kier molecular flexibility index (Phi) is 12.8. The molecule has 0 heterocycles. The van der Waals surface area contributed by atoms with E-state index in [0.29, 0.717) is 6.42 Å². The number of aromatic hydroxyl groups is 1. The maximum absolute atomic E-state index is 11.2. The van der Waals surface area contributed by atoms with E-state index in [4.69, 9.17) is 0 Å². The lowest BCUT2D eigenvalue weighted by atomic mass is 10.00. The third-order valence-electron chi connectivity index (χ3n) is 4.74. The van der Waals surface area contributed by atoms with Gasteiger partial charge >= 0.3 is 5.97 Å². The van der Waals surface area contributed by atoms with Gasteiger partial charge < -0.3 is 10.2 Å². The molecule has 1 rings (SSSR count). The van der Waals surface area contributed by atoms with Crippen LogP contribution in [-0.2, 0) is 6.42 Å². The van der Waals surface area contributed by atoms with Crippen molar-refractivity contribution < 1.29 is 15.0 Å². The fourth-order valence-electron chi connectivity index (χ4n) is 3.17. The maximum atomic E-state index is 11.2. The zero-order valence-electron chi connectivity index (χ0n) is 16.8. The number of phenols is 1. The molecule has 0 saturated heterocycles. The van der Waals surface area contributed by atoms with Crippen molar-refractivity contribution >= 4 is 5.97 Å². The lowest BCUT2D eigenvalue weighted by Gasteiger charge is -2.07. The van der Waals surface area contributed by atoms with Crippen molar-refractivity contribution in [1.29, 1.82) is 0 Å². The summed E-state index contributed by atoms with van der Waals surface area (Å²) >= 11 is 0. The van der Waals surface area contributed by atoms with E-state index in [1.165, 1.54) is 44.6 Å². The molecule has 1 aromatic rings. The largest absolute Gasteiger partial charge is 0.507 e. The molecule has 0 aliphatic heterocycles. The summed E-state index contributed by atoms with van der Waals surface area (Å²) in [5.41, 5.74) is 0.780.